The van der Waals surface area contributed by atoms with Crippen molar-refractivity contribution in [3.05, 3.63) is 199 Å². The number of fused-ring (bicyclic) bond motifs is 6. The van der Waals surface area contributed by atoms with Gasteiger partial charge in [-0.05, 0) is 110 Å². The number of furan rings is 1. The number of benzene rings is 8. The van der Waals surface area contributed by atoms with E-state index in [1.807, 2.05) is 12.1 Å². The van der Waals surface area contributed by atoms with Gasteiger partial charge in [0.25, 0.3) is 0 Å². The van der Waals surface area contributed by atoms with Crippen molar-refractivity contribution < 1.29 is 4.42 Å². The fourth-order valence-electron chi connectivity index (χ4n) is 8.28. The third kappa shape index (κ3) is 5.26. The molecule has 1 aliphatic carbocycles. The van der Waals surface area contributed by atoms with E-state index in [-0.39, 0.29) is 5.41 Å². The van der Waals surface area contributed by atoms with E-state index in [9.17, 15) is 0 Å². The Hall–Kier alpha value is -6.64. The predicted molar refractivity (Wildman–Crippen MR) is 222 cm³/mol. The molecule has 9 aromatic rings. The molecule has 8 aromatic carbocycles. The summed E-state index contributed by atoms with van der Waals surface area (Å²) in [5.74, 6) is 0. The smallest absolute Gasteiger partial charge is 0.135 e. The molecule has 0 fully saturated rings. The van der Waals surface area contributed by atoms with Gasteiger partial charge in [0.15, 0.2) is 0 Å². The third-order valence-electron chi connectivity index (χ3n) is 11.1. The molecule has 0 spiro atoms. The van der Waals surface area contributed by atoms with Crippen LogP contribution in [-0.4, -0.2) is 0 Å². The average molecular weight is 680 g/mol. The van der Waals surface area contributed by atoms with E-state index in [1.165, 1.54) is 55.6 Å². The maximum Gasteiger partial charge on any atom is 0.135 e. The first-order valence-corrected chi connectivity index (χ1v) is 18.3. The zero-order valence-electron chi connectivity index (χ0n) is 29.8. The fourth-order valence-corrected chi connectivity index (χ4v) is 8.28. The number of hydrogen-bond acceptors (Lipinski definition) is 2. The van der Waals surface area contributed by atoms with Gasteiger partial charge in [-0.1, -0.05) is 147 Å². The maximum absolute atomic E-state index is 6.11. The Morgan fingerprint density at radius 3 is 1.55 bits per heavy atom. The molecule has 0 atom stereocenters. The second-order valence-corrected chi connectivity index (χ2v) is 14.6. The summed E-state index contributed by atoms with van der Waals surface area (Å²) in [6, 6.07) is 67.9. The molecule has 0 N–H and O–H groups in total. The van der Waals surface area contributed by atoms with Crippen LogP contribution in [-0.2, 0) is 5.41 Å². The Morgan fingerprint density at radius 1 is 0.358 bits per heavy atom. The van der Waals surface area contributed by atoms with Gasteiger partial charge >= 0.3 is 0 Å². The first kappa shape index (κ1) is 31.1. The normalized spacial score (nSPS) is 12.9. The minimum Gasteiger partial charge on any atom is -0.456 e. The lowest BCUT2D eigenvalue weighted by molar-refractivity contribution is 0.660. The highest BCUT2D eigenvalue weighted by Crippen LogP contribution is 2.50. The van der Waals surface area contributed by atoms with E-state index in [4.69, 9.17) is 4.42 Å². The lowest BCUT2D eigenvalue weighted by atomic mass is 9.82. The van der Waals surface area contributed by atoms with Crippen molar-refractivity contribution in [2.75, 3.05) is 4.90 Å². The first-order chi connectivity index (χ1) is 26.0. The summed E-state index contributed by atoms with van der Waals surface area (Å²) in [5.41, 5.74) is 17.7. The van der Waals surface area contributed by atoms with Gasteiger partial charge in [0.1, 0.15) is 11.2 Å². The highest BCUT2D eigenvalue weighted by atomic mass is 16.3. The molecule has 53 heavy (non-hydrogen) atoms. The van der Waals surface area contributed by atoms with Gasteiger partial charge in [-0.2, -0.15) is 0 Å². The number of para-hydroxylation sites is 1. The number of hydrogen-bond donors (Lipinski definition) is 0. The lowest BCUT2D eigenvalue weighted by Gasteiger charge is -2.28. The minimum atomic E-state index is -0.0941. The van der Waals surface area contributed by atoms with Crippen molar-refractivity contribution >= 4 is 39.0 Å². The highest BCUT2D eigenvalue weighted by Gasteiger charge is 2.35. The molecular weight excluding hydrogens is 643 g/mol. The van der Waals surface area contributed by atoms with Crippen LogP contribution in [0.3, 0.4) is 0 Å². The summed E-state index contributed by atoms with van der Waals surface area (Å²) in [6.07, 6.45) is 0. The quantitative estimate of drug-likeness (QED) is 0.174. The van der Waals surface area contributed by atoms with Crippen molar-refractivity contribution in [1.29, 1.82) is 0 Å². The Bertz CT molecular complexity index is 2770. The van der Waals surface area contributed by atoms with Gasteiger partial charge in [0.05, 0.1) is 0 Å². The molecule has 252 valence electrons. The summed E-state index contributed by atoms with van der Waals surface area (Å²) in [7, 11) is 0. The predicted octanol–water partition coefficient (Wildman–Crippen LogP) is 14.4. The average Bonchev–Trinajstić information content (AvgIpc) is 3.70. The van der Waals surface area contributed by atoms with Crippen LogP contribution in [0.2, 0.25) is 0 Å². The molecule has 10 rings (SSSR count). The van der Waals surface area contributed by atoms with E-state index in [0.29, 0.717) is 0 Å². The maximum atomic E-state index is 6.11. The molecule has 0 bridgehead atoms. The summed E-state index contributed by atoms with van der Waals surface area (Å²) in [5, 5.41) is 2.28. The SMILES string of the molecule is CC1(C)c2ccccc2-c2ccc(N(c3ccc(-c4ccc(-c5ccccc5)cc4)cc3)c3ccc(-c4ccc5oc6ccccc6c5c4)cc3)cc21. The first-order valence-electron chi connectivity index (χ1n) is 18.3. The van der Waals surface area contributed by atoms with Gasteiger partial charge in [-0.25, -0.2) is 0 Å². The summed E-state index contributed by atoms with van der Waals surface area (Å²) in [4.78, 5) is 2.39. The fraction of sp³-hybridized carbons (Fsp3) is 0.0588. The summed E-state index contributed by atoms with van der Waals surface area (Å²) >= 11 is 0. The Kier molecular flexibility index (Phi) is 7.19. The molecule has 0 unspecified atom stereocenters. The molecule has 1 aliphatic rings. The molecule has 0 saturated heterocycles. The topological polar surface area (TPSA) is 16.4 Å². The molecule has 2 heteroatoms. The second kappa shape index (κ2) is 12.3. The van der Waals surface area contributed by atoms with Crippen LogP contribution >= 0.6 is 0 Å². The van der Waals surface area contributed by atoms with Crippen LogP contribution in [0.4, 0.5) is 17.1 Å². The van der Waals surface area contributed by atoms with Crippen LogP contribution in [0.15, 0.2) is 192 Å². The third-order valence-corrected chi connectivity index (χ3v) is 11.1. The van der Waals surface area contributed by atoms with Gasteiger partial charge < -0.3 is 9.32 Å². The van der Waals surface area contributed by atoms with Gasteiger partial charge in [-0.15, -0.1) is 0 Å². The standard InChI is InChI=1S/C51H37NO/c1-51(2)47-14-8-6-12-43(47)44-30-29-42(33-48(44)51)52(40-25-20-37(21-26-40)36-18-16-35(17-19-36)34-10-4-3-5-11-34)41-27-22-38(23-28-41)39-24-31-50-46(32-39)45-13-7-9-15-49(45)53-50/h3-33H,1-2H3. The minimum absolute atomic E-state index is 0.0941. The van der Waals surface area contributed by atoms with Crippen molar-refractivity contribution in [2.45, 2.75) is 19.3 Å². The second-order valence-electron chi connectivity index (χ2n) is 14.6. The zero-order valence-corrected chi connectivity index (χ0v) is 29.8. The zero-order chi connectivity index (χ0) is 35.5. The van der Waals surface area contributed by atoms with E-state index < -0.39 is 0 Å². The number of nitrogens with zero attached hydrogens (tertiary/aromatic N) is 1. The van der Waals surface area contributed by atoms with Crippen LogP contribution < -0.4 is 4.90 Å². The molecular formula is C51H37NO. The molecule has 1 heterocycles. The van der Waals surface area contributed by atoms with Crippen molar-refractivity contribution in [3.63, 3.8) is 0 Å². The van der Waals surface area contributed by atoms with Gasteiger partial charge in [0.2, 0.25) is 0 Å². The number of rotatable bonds is 6. The van der Waals surface area contributed by atoms with Crippen LogP contribution in [0, 0.1) is 0 Å². The van der Waals surface area contributed by atoms with Crippen LogP contribution in [0.25, 0.3) is 66.4 Å². The van der Waals surface area contributed by atoms with E-state index in [2.05, 4.69) is 195 Å². The monoisotopic (exact) mass is 679 g/mol. The summed E-state index contributed by atoms with van der Waals surface area (Å²) < 4.78 is 6.11. The van der Waals surface area contributed by atoms with Crippen LogP contribution in [0.1, 0.15) is 25.0 Å². The largest absolute Gasteiger partial charge is 0.456 e. The molecule has 0 saturated carbocycles. The van der Waals surface area contributed by atoms with E-state index in [0.717, 1.165) is 39.0 Å². The van der Waals surface area contributed by atoms with E-state index in [1.54, 1.807) is 0 Å². The molecule has 0 radical (unpaired) electrons. The van der Waals surface area contributed by atoms with Crippen molar-refractivity contribution in [1.82, 2.24) is 0 Å². The Morgan fingerprint density at radius 2 is 0.849 bits per heavy atom. The Balaban J connectivity index is 1.04. The summed E-state index contributed by atoms with van der Waals surface area (Å²) in [6.45, 7) is 4.69. The van der Waals surface area contributed by atoms with Gasteiger partial charge in [0, 0.05) is 33.2 Å². The molecule has 0 aliphatic heterocycles. The van der Waals surface area contributed by atoms with Crippen molar-refractivity contribution in [3.8, 4) is 44.5 Å². The number of anilines is 3. The molecule has 1 aromatic heterocycles. The Labute approximate surface area is 310 Å². The van der Waals surface area contributed by atoms with Crippen LogP contribution in [0.5, 0.6) is 0 Å². The molecule has 0 amide bonds. The van der Waals surface area contributed by atoms with E-state index >= 15 is 0 Å². The van der Waals surface area contributed by atoms with Crippen molar-refractivity contribution in [2.24, 2.45) is 0 Å². The lowest BCUT2D eigenvalue weighted by Crippen LogP contribution is -2.16. The highest BCUT2D eigenvalue weighted by molar-refractivity contribution is 6.06. The van der Waals surface area contributed by atoms with Gasteiger partial charge in [-0.3, -0.25) is 0 Å². The molecule has 2 nitrogen and oxygen atoms in total.